The first-order valence-corrected chi connectivity index (χ1v) is 6.35. The quantitative estimate of drug-likeness (QED) is 0.883. The molecular formula is C14H16N4O. The summed E-state index contributed by atoms with van der Waals surface area (Å²) in [5.41, 5.74) is 6.87. The van der Waals surface area contributed by atoms with E-state index >= 15 is 0 Å². The molecule has 0 spiro atoms. The van der Waals surface area contributed by atoms with Gasteiger partial charge in [-0.1, -0.05) is 30.3 Å². The van der Waals surface area contributed by atoms with Crippen molar-refractivity contribution in [3.8, 4) is 11.4 Å². The zero-order chi connectivity index (χ0) is 13.1. The van der Waals surface area contributed by atoms with Crippen molar-refractivity contribution in [2.24, 2.45) is 0 Å². The third-order valence-corrected chi connectivity index (χ3v) is 3.10. The standard InChI is InChI=1S/C14H16N4O/c15-12-10-13(18-6-8-19-9-7-18)17-14(16-12)11-4-2-1-3-5-11/h1-5,10H,6-9H2,(H2,15,16,17). The van der Waals surface area contributed by atoms with E-state index in [1.54, 1.807) is 0 Å². The van der Waals surface area contributed by atoms with Gasteiger partial charge in [0.05, 0.1) is 13.2 Å². The van der Waals surface area contributed by atoms with Gasteiger partial charge in [-0.2, -0.15) is 0 Å². The number of hydrogen-bond donors (Lipinski definition) is 1. The van der Waals surface area contributed by atoms with Crippen LogP contribution in [0.5, 0.6) is 0 Å². The van der Waals surface area contributed by atoms with Gasteiger partial charge in [0, 0.05) is 24.7 Å². The number of nitrogens with two attached hydrogens (primary N) is 1. The number of nitrogens with zero attached hydrogens (tertiary/aromatic N) is 3. The van der Waals surface area contributed by atoms with Gasteiger partial charge in [0.25, 0.3) is 0 Å². The molecule has 5 heteroatoms. The predicted molar refractivity (Wildman–Crippen MR) is 74.9 cm³/mol. The van der Waals surface area contributed by atoms with Crippen LogP contribution in [0.15, 0.2) is 36.4 Å². The van der Waals surface area contributed by atoms with Crippen LogP contribution >= 0.6 is 0 Å². The van der Waals surface area contributed by atoms with Gasteiger partial charge in [0.1, 0.15) is 11.6 Å². The van der Waals surface area contributed by atoms with Crippen molar-refractivity contribution in [1.29, 1.82) is 0 Å². The van der Waals surface area contributed by atoms with E-state index in [9.17, 15) is 0 Å². The van der Waals surface area contributed by atoms with Crippen LogP contribution in [-0.4, -0.2) is 36.3 Å². The molecule has 98 valence electrons. The number of aromatic nitrogens is 2. The van der Waals surface area contributed by atoms with Crippen molar-refractivity contribution in [2.75, 3.05) is 36.9 Å². The number of nitrogen functional groups attached to an aromatic ring is 1. The molecule has 2 heterocycles. The smallest absolute Gasteiger partial charge is 0.163 e. The van der Waals surface area contributed by atoms with Crippen LogP contribution < -0.4 is 10.6 Å². The monoisotopic (exact) mass is 256 g/mol. The highest BCUT2D eigenvalue weighted by atomic mass is 16.5. The zero-order valence-corrected chi connectivity index (χ0v) is 10.6. The van der Waals surface area contributed by atoms with Crippen LogP contribution in [0, 0.1) is 0 Å². The maximum Gasteiger partial charge on any atom is 0.163 e. The molecule has 0 saturated carbocycles. The van der Waals surface area contributed by atoms with E-state index in [-0.39, 0.29) is 0 Å². The number of hydrogen-bond acceptors (Lipinski definition) is 5. The minimum absolute atomic E-state index is 0.496. The third kappa shape index (κ3) is 2.66. The molecule has 1 aromatic heterocycles. The first-order valence-electron chi connectivity index (χ1n) is 6.35. The van der Waals surface area contributed by atoms with E-state index in [0.29, 0.717) is 11.6 Å². The summed E-state index contributed by atoms with van der Waals surface area (Å²) in [4.78, 5) is 11.1. The SMILES string of the molecule is Nc1cc(N2CCOCC2)nc(-c2ccccc2)n1. The Balaban J connectivity index is 1.96. The predicted octanol–water partition coefficient (Wildman–Crippen LogP) is 1.56. The van der Waals surface area contributed by atoms with E-state index in [1.807, 2.05) is 36.4 Å². The highest BCUT2D eigenvalue weighted by molar-refractivity contribution is 5.60. The molecule has 0 amide bonds. The Labute approximate surface area is 112 Å². The molecule has 2 N–H and O–H groups in total. The second-order valence-electron chi connectivity index (χ2n) is 4.44. The summed E-state index contributed by atoms with van der Waals surface area (Å²) < 4.78 is 5.35. The molecule has 0 bridgehead atoms. The average molecular weight is 256 g/mol. The van der Waals surface area contributed by atoms with Crippen molar-refractivity contribution >= 4 is 11.6 Å². The fraction of sp³-hybridized carbons (Fsp3) is 0.286. The maximum absolute atomic E-state index is 5.89. The summed E-state index contributed by atoms with van der Waals surface area (Å²) in [6.07, 6.45) is 0. The van der Waals surface area contributed by atoms with Crippen LogP contribution in [0.1, 0.15) is 0 Å². The molecule has 0 unspecified atom stereocenters. The first kappa shape index (κ1) is 11.9. The molecule has 0 atom stereocenters. The molecule has 0 aliphatic carbocycles. The lowest BCUT2D eigenvalue weighted by Crippen LogP contribution is -2.36. The Morgan fingerprint density at radius 2 is 1.79 bits per heavy atom. The lowest BCUT2D eigenvalue weighted by Gasteiger charge is -2.28. The molecule has 1 fully saturated rings. The summed E-state index contributed by atoms with van der Waals surface area (Å²) >= 11 is 0. The lowest BCUT2D eigenvalue weighted by atomic mass is 10.2. The van der Waals surface area contributed by atoms with Gasteiger partial charge in [-0.05, 0) is 0 Å². The van der Waals surface area contributed by atoms with Gasteiger partial charge in [-0.15, -0.1) is 0 Å². The highest BCUT2D eigenvalue weighted by Gasteiger charge is 2.14. The van der Waals surface area contributed by atoms with Crippen LogP contribution in [-0.2, 0) is 4.74 Å². The molecule has 19 heavy (non-hydrogen) atoms. The van der Waals surface area contributed by atoms with Crippen molar-refractivity contribution < 1.29 is 4.74 Å². The minimum atomic E-state index is 0.496. The average Bonchev–Trinajstić information content (AvgIpc) is 2.48. The fourth-order valence-corrected chi connectivity index (χ4v) is 2.12. The van der Waals surface area contributed by atoms with Crippen LogP contribution in [0.2, 0.25) is 0 Å². The van der Waals surface area contributed by atoms with Crippen molar-refractivity contribution in [1.82, 2.24) is 9.97 Å². The maximum atomic E-state index is 5.89. The summed E-state index contributed by atoms with van der Waals surface area (Å²) in [6, 6.07) is 11.7. The van der Waals surface area contributed by atoms with Crippen molar-refractivity contribution in [3.05, 3.63) is 36.4 Å². The summed E-state index contributed by atoms with van der Waals surface area (Å²) in [6.45, 7) is 3.13. The van der Waals surface area contributed by atoms with E-state index < -0.39 is 0 Å². The normalized spacial score (nSPS) is 15.5. The molecular weight excluding hydrogens is 240 g/mol. The Kier molecular flexibility index (Phi) is 3.29. The zero-order valence-electron chi connectivity index (χ0n) is 10.6. The number of rotatable bonds is 2. The fourth-order valence-electron chi connectivity index (χ4n) is 2.12. The largest absolute Gasteiger partial charge is 0.384 e. The number of anilines is 2. The first-order chi connectivity index (χ1) is 9.33. The minimum Gasteiger partial charge on any atom is -0.384 e. The summed E-state index contributed by atoms with van der Waals surface area (Å²) in [5.74, 6) is 2.03. The number of morpholine rings is 1. The van der Waals surface area contributed by atoms with E-state index in [2.05, 4.69) is 14.9 Å². The number of benzene rings is 1. The van der Waals surface area contributed by atoms with Crippen molar-refractivity contribution in [2.45, 2.75) is 0 Å². The highest BCUT2D eigenvalue weighted by Crippen LogP contribution is 2.21. The molecule has 1 aromatic carbocycles. The Hall–Kier alpha value is -2.14. The van der Waals surface area contributed by atoms with Crippen molar-refractivity contribution in [3.63, 3.8) is 0 Å². The Morgan fingerprint density at radius 1 is 1.05 bits per heavy atom. The van der Waals surface area contributed by atoms with Gasteiger partial charge < -0.3 is 15.4 Å². The number of ether oxygens (including phenoxy) is 1. The summed E-state index contributed by atoms with van der Waals surface area (Å²) in [7, 11) is 0. The molecule has 1 aliphatic heterocycles. The summed E-state index contributed by atoms with van der Waals surface area (Å²) in [5, 5.41) is 0. The van der Waals surface area contributed by atoms with Gasteiger partial charge in [0.15, 0.2) is 5.82 Å². The van der Waals surface area contributed by atoms with E-state index in [4.69, 9.17) is 10.5 Å². The molecule has 1 saturated heterocycles. The van der Waals surface area contributed by atoms with Gasteiger partial charge >= 0.3 is 0 Å². The molecule has 5 nitrogen and oxygen atoms in total. The Bertz CT molecular complexity index is 553. The molecule has 3 rings (SSSR count). The Morgan fingerprint density at radius 3 is 2.53 bits per heavy atom. The molecule has 0 radical (unpaired) electrons. The molecule has 2 aromatic rings. The van der Waals surface area contributed by atoms with Crippen LogP contribution in [0.25, 0.3) is 11.4 Å². The van der Waals surface area contributed by atoms with E-state index in [1.165, 1.54) is 0 Å². The van der Waals surface area contributed by atoms with Crippen LogP contribution in [0.4, 0.5) is 11.6 Å². The van der Waals surface area contributed by atoms with Crippen LogP contribution in [0.3, 0.4) is 0 Å². The van der Waals surface area contributed by atoms with E-state index in [0.717, 1.165) is 37.7 Å². The third-order valence-electron chi connectivity index (χ3n) is 3.10. The van der Waals surface area contributed by atoms with Gasteiger partial charge in [-0.25, -0.2) is 9.97 Å². The van der Waals surface area contributed by atoms with Gasteiger partial charge in [0.2, 0.25) is 0 Å². The lowest BCUT2D eigenvalue weighted by molar-refractivity contribution is 0.122. The topological polar surface area (TPSA) is 64.3 Å². The molecule has 1 aliphatic rings. The second kappa shape index (κ2) is 5.24. The second-order valence-corrected chi connectivity index (χ2v) is 4.44. The van der Waals surface area contributed by atoms with Gasteiger partial charge in [-0.3, -0.25) is 0 Å².